The third-order valence-corrected chi connectivity index (χ3v) is 3.10. The molecular formula is C13H13ClN2. The molecule has 1 aromatic carbocycles. The zero-order valence-corrected chi connectivity index (χ0v) is 10.0. The largest absolute Gasteiger partial charge is 0.384 e. The highest BCUT2D eigenvalue weighted by Gasteiger charge is 2.07. The number of benzene rings is 1. The molecule has 2 nitrogen and oxygen atoms in total. The van der Waals surface area contributed by atoms with Crippen LogP contribution in [-0.2, 0) is 0 Å². The normalized spacial score (nSPS) is 10.4. The van der Waals surface area contributed by atoms with Crippen LogP contribution < -0.4 is 5.73 Å². The van der Waals surface area contributed by atoms with Crippen LogP contribution in [0.15, 0.2) is 30.5 Å². The van der Waals surface area contributed by atoms with Crippen LogP contribution in [0.4, 0.5) is 5.82 Å². The molecule has 0 atom stereocenters. The van der Waals surface area contributed by atoms with Crippen molar-refractivity contribution in [1.29, 1.82) is 0 Å². The van der Waals surface area contributed by atoms with Gasteiger partial charge in [0.1, 0.15) is 5.82 Å². The van der Waals surface area contributed by atoms with Crippen molar-refractivity contribution in [3.8, 4) is 11.1 Å². The molecule has 0 bridgehead atoms. The van der Waals surface area contributed by atoms with Crippen molar-refractivity contribution < 1.29 is 0 Å². The Morgan fingerprint density at radius 2 is 1.94 bits per heavy atom. The summed E-state index contributed by atoms with van der Waals surface area (Å²) in [7, 11) is 0. The molecule has 0 aliphatic heterocycles. The van der Waals surface area contributed by atoms with Crippen LogP contribution in [0.2, 0.25) is 5.02 Å². The lowest BCUT2D eigenvalue weighted by atomic mass is 9.98. The van der Waals surface area contributed by atoms with Crippen molar-refractivity contribution in [3.63, 3.8) is 0 Å². The number of anilines is 1. The average molecular weight is 233 g/mol. The quantitative estimate of drug-likeness (QED) is 0.816. The van der Waals surface area contributed by atoms with E-state index in [0.29, 0.717) is 5.82 Å². The van der Waals surface area contributed by atoms with Gasteiger partial charge in [-0.1, -0.05) is 23.7 Å². The van der Waals surface area contributed by atoms with Gasteiger partial charge in [-0.25, -0.2) is 4.98 Å². The molecule has 0 aliphatic rings. The van der Waals surface area contributed by atoms with Crippen LogP contribution in [0, 0.1) is 13.8 Å². The Kier molecular flexibility index (Phi) is 2.84. The topological polar surface area (TPSA) is 38.9 Å². The van der Waals surface area contributed by atoms with Gasteiger partial charge in [-0.3, -0.25) is 0 Å². The molecule has 3 heteroatoms. The molecule has 0 saturated heterocycles. The highest BCUT2D eigenvalue weighted by Crippen LogP contribution is 2.30. The summed E-state index contributed by atoms with van der Waals surface area (Å²) in [6.07, 6.45) is 1.79. The number of nitrogens with zero attached hydrogens (tertiary/aromatic N) is 1. The van der Waals surface area contributed by atoms with Gasteiger partial charge >= 0.3 is 0 Å². The van der Waals surface area contributed by atoms with Crippen LogP contribution >= 0.6 is 11.6 Å². The second kappa shape index (κ2) is 4.14. The van der Waals surface area contributed by atoms with Gasteiger partial charge in [-0.2, -0.15) is 0 Å². The lowest BCUT2D eigenvalue weighted by Gasteiger charge is -2.10. The molecule has 0 fully saturated rings. The van der Waals surface area contributed by atoms with E-state index in [9.17, 15) is 0 Å². The first-order chi connectivity index (χ1) is 7.59. The van der Waals surface area contributed by atoms with Gasteiger partial charge in [-0.05, 0) is 42.7 Å². The van der Waals surface area contributed by atoms with Crippen molar-refractivity contribution in [3.05, 3.63) is 46.6 Å². The maximum Gasteiger partial charge on any atom is 0.123 e. The summed E-state index contributed by atoms with van der Waals surface area (Å²) in [6.45, 7) is 4.03. The summed E-state index contributed by atoms with van der Waals surface area (Å²) in [6, 6.07) is 7.75. The predicted molar refractivity (Wildman–Crippen MR) is 68.6 cm³/mol. The summed E-state index contributed by atoms with van der Waals surface area (Å²) in [5.41, 5.74) is 10.0. The zero-order valence-electron chi connectivity index (χ0n) is 9.29. The lowest BCUT2D eigenvalue weighted by Crippen LogP contribution is -1.94. The van der Waals surface area contributed by atoms with Gasteiger partial charge in [-0.15, -0.1) is 0 Å². The minimum Gasteiger partial charge on any atom is -0.384 e. The molecule has 16 heavy (non-hydrogen) atoms. The van der Waals surface area contributed by atoms with Gasteiger partial charge < -0.3 is 5.73 Å². The average Bonchev–Trinajstić information content (AvgIpc) is 2.23. The molecule has 82 valence electrons. The predicted octanol–water partition coefficient (Wildman–Crippen LogP) is 3.60. The van der Waals surface area contributed by atoms with Gasteiger partial charge in [0.05, 0.1) is 0 Å². The molecule has 1 aromatic heterocycles. The van der Waals surface area contributed by atoms with E-state index in [2.05, 4.69) is 4.98 Å². The van der Waals surface area contributed by atoms with E-state index < -0.39 is 0 Å². The molecule has 0 spiro atoms. The Morgan fingerprint density at radius 1 is 1.19 bits per heavy atom. The first kappa shape index (κ1) is 11.0. The van der Waals surface area contributed by atoms with Gasteiger partial charge in [0.25, 0.3) is 0 Å². The first-order valence-corrected chi connectivity index (χ1v) is 5.45. The zero-order chi connectivity index (χ0) is 11.7. The highest BCUT2D eigenvalue weighted by atomic mass is 35.5. The Balaban J connectivity index is 2.63. The van der Waals surface area contributed by atoms with Gasteiger partial charge in [0, 0.05) is 16.8 Å². The molecule has 2 rings (SSSR count). The monoisotopic (exact) mass is 232 g/mol. The lowest BCUT2D eigenvalue weighted by molar-refractivity contribution is 1.29. The molecule has 2 N–H and O–H groups in total. The van der Waals surface area contributed by atoms with Crippen LogP contribution in [0.5, 0.6) is 0 Å². The van der Waals surface area contributed by atoms with E-state index in [1.54, 1.807) is 6.20 Å². The number of hydrogen-bond donors (Lipinski definition) is 1. The second-order valence-corrected chi connectivity index (χ2v) is 4.24. The summed E-state index contributed by atoms with van der Waals surface area (Å²) in [4.78, 5) is 4.12. The van der Waals surface area contributed by atoms with Crippen molar-refractivity contribution in [2.24, 2.45) is 0 Å². The summed E-state index contributed by atoms with van der Waals surface area (Å²) >= 11 is 6.10. The van der Waals surface area contributed by atoms with Crippen molar-refractivity contribution in [2.45, 2.75) is 13.8 Å². The third kappa shape index (κ3) is 1.89. The van der Waals surface area contributed by atoms with E-state index in [4.69, 9.17) is 17.3 Å². The molecule has 0 aliphatic carbocycles. The van der Waals surface area contributed by atoms with Crippen LogP contribution in [0.3, 0.4) is 0 Å². The minimum absolute atomic E-state index is 0.543. The number of rotatable bonds is 1. The summed E-state index contributed by atoms with van der Waals surface area (Å²) in [5, 5.41) is 0.772. The van der Waals surface area contributed by atoms with Crippen LogP contribution in [0.25, 0.3) is 11.1 Å². The van der Waals surface area contributed by atoms with Gasteiger partial charge in [0.2, 0.25) is 0 Å². The number of pyridine rings is 1. The summed E-state index contributed by atoms with van der Waals surface area (Å²) < 4.78 is 0. The molecule has 0 radical (unpaired) electrons. The molecule has 1 heterocycles. The van der Waals surface area contributed by atoms with E-state index in [1.165, 1.54) is 0 Å². The first-order valence-electron chi connectivity index (χ1n) is 5.07. The van der Waals surface area contributed by atoms with Crippen molar-refractivity contribution in [1.82, 2.24) is 4.98 Å². The molecular weight excluding hydrogens is 220 g/mol. The Bertz CT molecular complexity index is 535. The van der Waals surface area contributed by atoms with E-state index >= 15 is 0 Å². The number of nitrogens with two attached hydrogens (primary N) is 1. The van der Waals surface area contributed by atoms with Gasteiger partial charge in [0.15, 0.2) is 0 Å². The maximum atomic E-state index is 6.10. The number of aryl methyl sites for hydroxylation is 1. The Morgan fingerprint density at radius 3 is 2.62 bits per heavy atom. The molecule has 2 aromatic rings. The Hall–Kier alpha value is -1.54. The number of aromatic nitrogens is 1. The van der Waals surface area contributed by atoms with Crippen LogP contribution in [-0.4, -0.2) is 4.98 Å². The maximum absolute atomic E-state index is 6.10. The van der Waals surface area contributed by atoms with E-state index in [1.807, 2.05) is 38.1 Å². The highest BCUT2D eigenvalue weighted by molar-refractivity contribution is 6.31. The standard InChI is InChI=1S/C13H13ClN2/c1-8-6-13(15)16-7-11(8)10-4-3-5-12(14)9(10)2/h3-7H,1-2H3,(H2,15,16). The Labute approximate surface area is 100 Å². The molecule has 0 amide bonds. The van der Waals surface area contributed by atoms with Crippen molar-refractivity contribution >= 4 is 17.4 Å². The fraction of sp³-hybridized carbons (Fsp3) is 0.154. The summed E-state index contributed by atoms with van der Waals surface area (Å²) in [5.74, 6) is 0.543. The molecule has 0 saturated carbocycles. The van der Waals surface area contributed by atoms with E-state index in [-0.39, 0.29) is 0 Å². The molecule has 0 unspecified atom stereocenters. The van der Waals surface area contributed by atoms with Crippen LogP contribution in [0.1, 0.15) is 11.1 Å². The minimum atomic E-state index is 0.543. The van der Waals surface area contributed by atoms with E-state index in [0.717, 1.165) is 27.3 Å². The number of halogens is 1. The fourth-order valence-electron chi connectivity index (χ4n) is 1.76. The smallest absolute Gasteiger partial charge is 0.123 e. The number of nitrogen functional groups attached to an aromatic ring is 1. The van der Waals surface area contributed by atoms with Crippen molar-refractivity contribution in [2.75, 3.05) is 5.73 Å². The fourth-order valence-corrected chi connectivity index (χ4v) is 1.93. The number of hydrogen-bond acceptors (Lipinski definition) is 2. The third-order valence-electron chi connectivity index (χ3n) is 2.69. The second-order valence-electron chi connectivity index (χ2n) is 3.84. The SMILES string of the molecule is Cc1cc(N)ncc1-c1cccc(Cl)c1C.